The highest BCUT2D eigenvalue weighted by Gasteiger charge is 2.26. The van der Waals surface area contributed by atoms with E-state index in [0.29, 0.717) is 12.3 Å². The van der Waals surface area contributed by atoms with Crippen molar-refractivity contribution in [3.05, 3.63) is 20.2 Å². The molecule has 0 aromatic heterocycles. The fraction of sp³-hybridized carbons (Fsp3) is 1.00. The van der Waals surface area contributed by atoms with E-state index >= 15 is 0 Å². The van der Waals surface area contributed by atoms with Gasteiger partial charge in [-0.3, -0.25) is 0 Å². The van der Waals surface area contributed by atoms with E-state index in [1.54, 1.807) is 0 Å². The molecule has 0 saturated heterocycles. The van der Waals surface area contributed by atoms with Crippen LogP contribution >= 0.6 is 0 Å². The van der Waals surface area contributed by atoms with Crippen LogP contribution in [0.15, 0.2) is 0 Å². The van der Waals surface area contributed by atoms with Gasteiger partial charge in [0.05, 0.1) is 0 Å². The molecule has 0 amide bonds. The average molecular weight is 278 g/mol. The lowest BCUT2D eigenvalue weighted by atomic mass is 9.80. The fourth-order valence-electron chi connectivity index (χ4n) is 1.79. The maximum absolute atomic E-state index is 10.4. The predicted octanol–water partition coefficient (Wildman–Crippen LogP) is 2.62. The lowest BCUT2D eigenvalue weighted by Crippen LogP contribution is -2.30. The van der Waals surface area contributed by atoms with Gasteiger partial charge in [-0.2, -0.15) is 0 Å². The van der Waals surface area contributed by atoms with Crippen molar-refractivity contribution in [1.82, 2.24) is 0 Å². The van der Waals surface area contributed by atoms with Gasteiger partial charge in [-0.05, 0) is 24.2 Å². The third kappa shape index (κ3) is 10.0. The van der Waals surface area contributed by atoms with E-state index in [0.717, 1.165) is 12.8 Å². The summed E-state index contributed by atoms with van der Waals surface area (Å²) in [5.41, 5.74) is -0.203. The summed E-state index contributed by atoms with van der Waals surface area (Å²) in [5.74, 6) is 0.532. The number of rotatable bonds is 10. The minimum Gasteiger partial charge on any atom is -0.312 e. The zero-order chi connectivity index (χ0) is 15.1. The van der Waals surface area contributed by atoms with Crippen LogP contribution in [0, 0.1) is 31.6 Å². The molecule has 0 aliphatic heterocycles. The molecular formula is C11H22N2O6. The van der Waals surface area contributed by atoms with Crippen LogP contribution < -0.4 is 0 Å². The fourth-order valence-corrected chi connectivity index (χ4v) is 1.79. The van der Waals surface area contributed by atoms with Crippen molar-refractivity contribution in [2.75, 3.05) is 6.61 Å². The van der Waals surface area contributed by atoms with Crippen molar-refractivity contribution in [2.45, 2.75) is 53.1 Å². The molecule has 112 valence electrons. The monoisotopic (exact) mass is 278 g/mol. The third-order valence-corrected chi connectivity index (χ3v) is 2.78. The summed E-state index contributed by atoms with van der Waals surface area (Å²) in [7, 11) is 0. The van der Waals surface area contributed by atoms with E-state index in [2.05, 4.69) is 23.5 Å². The maximum Gasteiger partial charge on any atom is 0.294 e. The van der Waals surface area contributed by atoms with Gasteiger partial charge in [-0.1, -0.05) is 34.1 Å². The van der Waals surface area contributed by atoms with Gasteiger partial charge in [-0.25, -0.2) is 0 Å². The number of hydrogen-bond acceptors (Lipinski definition) is 6. The predicted molar refractivity (Wildman–Crippen MR) is 67.3 cm³/mol. The van der Waals surface area contributed by atoms with Crippen LogP contribution in [0.5, 0.6) is 0 Å². The van der Waals surface area contributed by atoms with Crippen molar-refractivity contribution in [2.24, 2.45) is 11.3 Å². The Morgan fingerprint density at radius 1 is 1.16 bits per heavy atom. The van der Waals surface area contributed by atoms with E-state index in [4.69, 9.17) is 0 Å². The number of nitrogens with zero attached hydrogens (tertiary/aromatic N) is 2. The van der Waals surface area contributed by atoms with Gasteiger partial charge >= 0.3 is 0 Å². The Hall–Kier alpha value is -1.60. The molecule has 0 aliphatic carbocycles. The van der Waals surface area contributed by atoms with Gasteiger partial charge in [0.25, 0.3) is 10.2 Å². The summed E-state index contributed by atoms with van der Waals surface area (Å²) in [4.78, 5) is 29.1. The minimum atomic E-state index is -0.975. The Bertz CT molecular complexity index is 306. The molecule has 8 heteroatoms. The normalized spacial score (nSPS) is 13.1. The molecule has 19 heavy (non-hydrogen) atoms. The van der Waals surface area contributed by atoms with E-state index in [1.165, 1.54) is 0 Å². The molecular weight excluding hydrogens is 256 g/mol. The molecule has 8 nitrogen and oxygen atoms in total. The topological polar surface area (TPSA) is 105 Å². The zero-order valence-corrected chi connectivity index (χ0v) is 11.8. The van der Waals surface area contributed by atoms with Crippen molar-refractivity contribution < 1.29 is 19.8 Å². The molecule has 0 rings (SSSR count). The molecule has 0 fully saturated rings. The summed E-state index contributed by atoms with van der Waals surface area (Å²) in [6, 6.07) is 0. The van der Waals surface area contributed by atoms with Gasteiger partial charge in [-0.15, -0.1) is 20.2 Å². The van der Waals surface area contributed by atoms with E-state index < -0.39 is 22.9 Å². The van der Waals surface area contributed by atoms with Crippen LogP contribution in [0.2, 0.25) is 0 Å². The second kappa shape index (κ2) is 7.75. The molecule has 0 aromatic rings. The summed E-state index contributed by atoms with van der Waals surface area (Å²) < 4.78 is 0. The van der Waals surface area contributed by atoms with E-state index in [1.807, 2.05) is 13.8 Å². The highest BCUT2D eigenvalue weighted by atomic mass is 17.0. The Balaban J connectivity index is 4.41. The van der Waals surface area contributed by atoms with Gasteiger partial charge in [0.1, 0.15) is 12.7 Å². The van der Waals surface area contributed by atoms with Crippen molar-refractivity contribution in [3.8, 4) is 0 Å². The van der Waals surface area contributed by atoms with Gasteiger partial charge in [0.2, 0.25) is 0 Å². The number of hydrogen-bond donors (Lipinski definition) is 0. The van der Waals surface area contributed by atoms with Gasteiger partial charge < -0.3 is 9.68 Å². The summed E-state index contributed by atoms with van der Waals surface area (Å²) >= 11 is 0. The Labute approximate surface area is 112 Å². The van der Waals surface area contributed by atoms with Crippen LogP contribution in [0.25, 0.3) is 0 Å². The molecule has 0 bridgehead atoms. The Morgan fingerprint density at radius 3 is 2.16 bits per heavy atom. The van der Waals surface area contributed by atoms with Crippen LogP contribution in [0.1, 0.15) is 47.0 Å². The highest BCUT2D eigenvalue weighted by Crippen LogP contribution is 2.31. The van der Waals surface area contributed by atoms with Crippen molar-refractivity contribution in [3.63, 3.8) is 0 Å². The smallest absolute Gasteiger partial charge is 0.294 e. The van der Waals surface area contributed by atoms with Crippen molar-refractivity contribution in [1.29, 1.82) is 0 Å². The summed E-state index contributed by atoms with van der Waals surface area (Å²) in [6.45, 7) is 7.67. The first-order chi connectivity index (χ1) is 8.62. The van der Waals surface area contributed by atoms with Crippen LogP contribution in [-0.4, -0.2) is 22.9 Å². The quantitative estimate of drug-likeness (QED) is 0.449. The summed E-state index contributed by atoms with van der Waals surface area (Å²) in [5, 5.41) is 18.6. The lowest BCUT2D eigenvalue weighted by molar-refractivity contribution is -0.790. The molecule has 1 atom stereocenters. The largest absolute Gasteiger partial charge is 0.312 e. The standard InChI is InChI=1S/C11H22N2O6/c1-9(2)5-6-11(3,4)7-10(19-13(16)17)8-18-12(14)15/h9-10H,5-8H2,1-4H3. The zero-order valence-electron chi connectivity index (χ0n) is 11.8. The molecule has 0 N–H and O–H groups in total. The van der Waals surface area contributed by atoms with Crippen molar-refractivity contribution >= 4 is 0 Å². The second-order valence-corrected chi connectivity index (χ2v) is 5.77. The van der Waals surface area contributed by atoms with Crippen LogP contribution in [0.3, 0.4) is 0 Å². The second-order valence-electron chi connectivity index (χ2n) is 5.77. The summed E-state index contributed by atoms with van der Waals surface area (Å²) in [6.07, 6.45) is 1.24. The molecule has 0 radical (unpaired) electrons. The van der Waals surface area contributed by atoms with E-state index in [-0.39, 0.29) is 5.41 Å². The first kappa shape index (κ1) is 17.4. The first-order valence-electron chi connectivity index (χ1n) is 6.21. The van der Waals surface area contributed by atoms with E-state index in [9.17, 15) is 20.2 Å². The Morgan fingerprint density at radius 2 is 1.74 bits per heavy atom. The minimum absolute atomic E-state index is 0.203. The molecule has 1 unspecified atom stereocenters. The first-order valence-corrected chi connectivity index (χ1v) is 6.21. The third-order valence-electron chi connectivity index (χ3n) is 2.78. The van der Waals surface area contributed by atoms with Gasteiger partial charge in [0, 0.05) is 0 Å². The molecule has 0 saturated carbocycles. The molecule has 0 heterocycles. The van der Waals surface area contributed by atoms with Crippen LogP contribution in [0.4, 0.5) is 0 Å². The maximum atomic E-state index is 10.4. The lowest BCUT2D eigenvalue weighted by Gasteiger charge is -2.29. The average Bonchev–Trinajstić information content (AvgIpc) is 2.22. The molecule has 0 aromatic carbocycles. The van der Waals surface area contributed by atoms with Gasteiger partial charge in [0.15, 0.2) is 0 Å². The SMILES string of the molecule is CC(C)CCC(C)(C)CC(CO[N+](=O)[O-])O[N+](=O)[O-]. The highest BCUT2D eigenvalue weighted by molar-refractivity contribution is 4.74. The van der Waals surface area contributed by atoms with Crippen LogP contribution in [-0.2, 0) is 9.68 Å². The Kier molecular flexibility index (Phi) is 7.10. The molecule has 0 spiro atoms. The molecule has 0 aliphatic rings.